The minimum Gasteiger partial charge on any atom is -0.495 e. The molecule has 0 saturated carbocycles. The van der Waals surface area contributed by atoms with Gasteiger partial charge in [-0.25, -0.2) is 4.98 Å². The molecule has 0 radical (unpaired) electrons. The van der Waals surface area contributed by atoms with E-state index in [1.807, 2.05) is 6.07 Å². The van der Waals surface area contributed by atoms with Gasteiger partial charge < -0.3 is 9.47 Å². The van der Waals surface area contributed by atoms with Crippen molar-refractivity contribution in [1.29, 1.82) is 5.26 Å². The van der Waals surface area contributed by atoms with E-state index in [1.54, 1.807) is 12.3 Å². The third kappa shape index (κ3) is 3.64. The molecule has 0 aliphatic rings. The van der Waals surface area contributed by atoms with Crippen LogP contribution >= 0.6 is 11.8 Å². The van der Waals surface area contributed by atoms with Crippen LogP contribution in [0.2, 0.25) is 0 Å². The van der Waals surface area contributed by atoms with E-state index in [-0.39, 0.29) is 12.4 Å². The summed E-state index contributed by atoms with van der Waals surface area (Å²) in [6.45, 7) is 0. The highest BCUT2D eigenvalue weighted by Crippen LogP contribution is 2.27. The van der Waals surface area contributed by atoms with Gasteiger partial charge in [0, 0.05) is 11.9 Å². The summed E-state index contributed by atoms with van der Waals surface area (Å²) in [6, 6.07) is 3.67. The largest absolute Gasteiger partial charge is 0.495 e. The quantitative estimate of drug-likeness (QED) is 0.585. The first-order valence-corrected chi connectivity index (χ1v) is 5.84. The molecule has 0 bridgehead atoms. The summed E-state index contributed by atoms with van der Waals surface area (Å²) in [7, 11) is 2.84. The summed E-state index contributed by atoms with van der Waals surface area (Å²) in [6.07, 6.45) is 1.85. The van der Waals surface area contributed by atoms with E-state index in [0.717, 1.165) is 0 Å². The Morgan fingerprint density at radius 1 is 1.59 bits per heavy atom. The van der Waals surface area contributed by atoms with Gasteiger partial charge in [-0.05, 0) is 6.07 Å². The maximum absolute atomic E-state index is 10.9. The molecule has 1 heterocycles. The Morgan fingerprint density at radius 3 is 2.94 bits per heavy atom. The number of methoxy groups -OCH3 is 2. The predicted octanol–water partition coefficient (Wildman–Crippen LogP) is 1.62. The molecule has 0 amide bonds. The van der Waals surface area contributed by atoms with Crippen LogP contribution in [-0.2, 0) is 9.53 Å². The van der Waals surface area contributed by atoms with Crippen molar-refractivity contribution < 1.29 is 14.3 Å². The molecule has 1 aromatic rings. The van der Waals surface area contributed by atoms with Crippen LogP contribution in [0.15, 0.2) is 17.3 Å². The molecule has 0 N–H and O–H groups in total. The molecule has 0 aliphatic heterocycles. The van der Waals surface area contributed by atoms with Crippen LogP contribution in [0.5, 0.6) is 5.75 Å². The normalized spacial score (nSPS) is 9.47. The molecule has 0 spiro atoms. The summed E-state index contributed by atoms with van der Waals surface area (Å²) in [5, 5.41) is 9.58. The third-order valence-electron chi connectivity index (χ3n) is 1.98. The van der Waals surface area contributed by atoms with Gasteiger partial charge in [-0.1, -0.05) is 0 Å². The van der Waals surface area contributed by atoms with Crippen LogP contribution in [0.1, 0.15) is 12.0 Å². The Balaban J connectivity index is 2.71. The number of rotatable bonds is 5. The molecule has 0 aromatic carbocycles. The fraction of sp³-hybridized carbons (Fsp3) is 0.364. The molecule has 1 rings (SSSR count). The van der Waals surface area contributed by atoms with E-state index in [0.29, 0.717) is 22.1 Å². The van der Waals surface area contributed by atoms with Crippen LogP contribution in [0.4, 0.5) is 0 Å². The van der Waals surface area contributed by atoms with Gasteiger partial charge >= 0.3 is 5.97 Å². The van der Waals surface area contributed by atoms with Gasteiger partial charge in [0.1, 0.15) is 22.4 Å². The van der Waals surface area contributed by atoms with E-state index in [2.05, 4.69) is 9.72 Å². The predicted molar refractivity (Wildman–Crippen MR) is 62.9 cm³/mol. The lowest BCUT2D eigenvalue weighted by molar-refractivity contribution is -0.140. The fourth-order valence-electron chi connectivity index (χ4n) is 1.14. The van der Waals surface area contributed by atoms with Gasteiger partial charge in [0.2, 0.25) is 0 Å². The molecular formula is C11H12N2O3S. The van der Waals surface area contributed by atoms with Gasteiger partial charge in [0.05, 0.1) is 20.6 Å². The second-order valence-corrected chi connectivity index (χ2v) is 4.06. The van der Waals surface area contributed by atoms with E-state index in [1.165, 1.54) is 26.0 Å². The molecule has 0 saturated heterocycles. The first-order chi connectivity index (χ1) is 8.22. The zero-order chi connectivity index (χ0) is 12.7. The number of ether oxygens (including phenoxy) is 2. The summed E-state index contributed by atoms with van der Waals surface area (Å²) >= 11 is 1.33. The maximum Gasteiger partial charge on any atom is 0.306 e. The number of carbonyl (C=O) groups is 1. The number of esters is 1. The summed E-state index contributed by atoms with van der Waals surface area (Å²) in [4.78, 5) is 15.0. The zero-order valence-electron chi connectivity index (χ0n) is 9.60. The standard InChI is InChI=1S/C11H12N2O3S/c1-15-9-3-5-13-11(8(9)7-12)17-6-4-10(14)16-2/h3,5H,4,6H2,1-2H3. The van der Waals surface area contributed by atoms with Crippen LogP contribution in [0.3, 0.4) is 0 Å². The number of carbonyl (C=O) groups excluding carboxylic acids is 1. The molecule has 5 nitrogen and oxygen atoms in total. The van der Waals surface area contributed by atoms with Crippen molar-refractivity contribution in [3.63, 3.8) is 0 Å². The number of pyridine rings is 1. The minimum atomic E-state index is -0.279. The SMILES string of the molecule is COC(=O)CCSc1nccc(OC)c1C#N. The third-order valence-corrected chi connectivity index (χ3v) is 2.97. The molecule has 17 heavy (non-hydrogen) atoms. The van der Waals surface area contributed by atoms with Crippen LogP contribution in [-0.4, -0.2) is 30.9 Å². The van der Waals surface area contributed by atoms with Gasteiger partial charge in [0.25, 0.3) is 0 Å². The van der Waals surface area contributed by atoms with Gasteiger partial charge in [0.15, 0.2) is 0 Å². The van der Waals surface area contributed by atoms with Crippen molar-refractivity contribution in [3.05, 3.63) is 17.8 Å². The van der Waals surface area contributed by atoms with Gasteiger partial charge in [-0.3, -0.25) is 4.79 Å². The van der Waals surface area contributed by atoms with Crippen molar-refractivity contribution in [2.24, 2.45) is 0 Å². The highest BCUT2D eigenvalue weighted by Gasteiger charge is 2.11. The highest BCUT2D eigenvalue weighted by atomic mass is 32.2. The van der Waals surface area contributed by atoms with Crippen molar-refractivity contribution in [2.75, 3.05) is 20.0 Å². The van der Waals surface area contributed by atoms with Crippen LogP contribution in [0, 0.1) is 11.3 Å². The van der Waals surface area contributed by atoms with E-state index < -0.39 is 0 Å². The lowest BCUT2D eigenvalue weighted by Gasteiger charge is -2.06. The summed E-state index contributed by atoms with van der Waals surface area (Å²) < 4.78 is 9.59. The number of nitriles is 1. The van der Waals surface area contributed by atoms with Crippen molar-refractivity contribution in [3.8, 4) is 11.8 Å². The second kappa shape index (κ2) is 6.76. The van der Waals surface area contributed by atoms with Gasteiger partial charge in [-0.15, -0.1) is 11.8 Å². The second-order valence-electron chi connectivity index (χ2n) is 2.98. The van der Waals surface area contributed by atoms with Crippen LogP contribution in [0.25, 0.3) is 0 Å². The fourth-order valence-corrected chi connectivity index (χ4v) is 2.03. The van der Waals surface area contributed by atoms with E-state index in [9.17, 15) is 4.79 Å². The lowest BCUT2D eigenvalue weighted by atomic mass is 10.3. The average molecular weight is 252 g/mol. The van der Waals surface area contributed by atoms with E-state index in [4.69, 9.17) is 10.00 Å². The Kier molecular flexibility index (Phi) is 5.30. The first-order valence-electron chi connectivity index (χ1n) is 4.85. The topological polar surface area (TPSA) is 72.2 Å². The molecule has 1 aromatic heterocycles. The van der Waals surface area contributed by atoms with Crippen molar-refractivity contribution in [1.82, 2.24) is 4.98 Å². The average Bonchev–Trinajstić information content (AvgIpc) is 2.37. The number of hydrogen-bond donors (Lipinski definition) is 0. The summed E-state index contributed by atoms with van der Waals surface area (Å²) in [5.74, 6) is 0.726. The highest BCUT2D eigenvalue weighted by molar-refractivity contribution is 7.99. The molecule has 0 aliphatic carbocycles. The maximum atomic E-state index is 10.9. The Hall–Kier alpha value is -1.74. The molecule has 90 valence electrons. The first kappa shape index (κ1) is 13.3. The Bertz CT molecular complexity index is 443. The van der Waals surface area contributed by atoms with E-state index >= 15 is 0 Å². The lowest BCUT2D eigenvalue weighted by Crippen LogP contribution is -2.01. The van der Waals surface area contributed by atoms with Crippen molar-refractivity contribution in [2.45, 2.75) is 11.4 Å². The molecule has 0 atom stereocenters. The number of thioether (sulfide) groups is 1. The Labute approximate surface area is 104 Å². The number of nitrogens with zero attached hydrogens (tertiary/aromatic N) is 2. The number of aromatic nitrogens is 1. The molecule has 0 fully saturated rings. The molecular weight excluding hydrogens is 240 g/mol. The zero-order valence-corrected chi connectivity index (χ0v) is 10.4. The Morgan fingerprint density at radius 2 is 2.35 bits per heavy atom. The van der Waals surface area contributed by atoms with Crippen molar-refractivity contribution >= 4 is 17.7 Å². The number of hydrogen-bond acceptors (Lipinski definition) is 6. The molecule has 0 unspecified atom stereocenters. The summed E-state index contributed by atoms with van der Waals surface area (Å²) in [5.41, 5.74) is 0.393. The monoisotopic (exact) mass is 252 g/mol. The molecule has 6 heteroatoms. The smallest absolute Gasteiger partial charge is 0.306 e. The minimum absolute atomic E-state index is 0.279. The van der Waals surface area contributed by atoms with Crippen LogP contribution < -0.4 is 4.74 Å². The van der Waals surface area contributed by atoms with Gasteiger partial charge in [-0.2, -0.15) is 5.26 Å².